The first kappa shape index (κ1) is 18.2. The fourth-order valence-electron chi connectivity index (χ4n) is 4.49. The Morgan fingerprint density at radius 3 is 2.56 bits per heavy atom. The predicted molar refractivity (Wildman–Crippen MR) is 90.2 cm³/mol. The van der Waals surface area contributed by atoms with E-state index in [1.807, 2.05) is 23.1 Å². The highest BCUT2D eigenvalue weighted by atomic mass is 19.4. The van der Waals surface area contributed by atoms with E-state index in [1.54, 1.807) is 0 Å². The van der Waals surface area contributed by atoms with Crippen molar-refractivity contribution in [2.45, 2.75) is 50.2 Å². The van der Waals surface area contributed by atoms with E-state index in [0.717, 1.165) is 25.7 Å². The molecule has 2 aliphatic rings. The molecule has 1 saturated carbocycles. The lowest BCUT2D eigenvalue weighted by Crippen LogP contribution is -2.54. The third kappa shape index (κ3) is 4.54. The van der Waals surface area contributed by atoms with E-state index in [2.05, 4.69) is 17.4 Å². The summed E-state index contributed by atoms with van der Waals surface area (Å²) in [6.45, 7) is -0.723. The maximum absolute atomic E-state index is 12.5. The molecule has 3 rings (SSSR count). The molecule has 6 heteroatoms. The van der Waals surface area contributed by atoms with E-state index >= 15 is 0 Å². The van der Waals surface area contributed by atoms with Crippen molar-refractivity contribution in [2.75, 3.05) is 19.6 Å². The number of alkyl halides is 3. The second-order valence-corrected chi connectivity index (χ2v) is 7.13. The van der Waals surface area contributed by atoms with Gasteiger partial charge in [0, 0.05) is 12.6 Å². The fraction of sp³-hybridized carbons (Fsp3) is 0.632. The van der Waals surface area contributed by atoms with E-state index in [4.69, 9.17) is 0 Å². The zero-order valence-electron chi connectivity index (χ0n) is 14.3. The number of nitrogens with one attached hydrogen (secondary N) is 1. The molecule has 3 atom stereocenters. The molecule has 25 heavy (non-hydrogen) atoms. The quantitative estimate of drug-likeness (QED) is 0.894. The second kappa shape index (κ2) is 7.77. The molecule has 1 aliphatic carbocycles. The van der Waals surface area contributed by atoms with Gasteiger partial charge in [-0.05, 0) is 36.7 Å². The van der Waals surface area contributed by atoms with Gasteiger partial charge < -0.3 is 10.2 Å². The number of hydrogen-bond donors (Lipinski definition) is 1. The molecule has 3 unspecified atom stereocenters. The first-order valence-corrected chi connectivity index (χ1v) is 9.07. The van der Waals surface area contributed by atoms with Gasteiger partial charge in [-0.25, -0.2) is 0 Å². The van der Waals surface area contributed by atoms with Crippen molar-refractivity contribution in [3.63, 3.8) is 0 Å². The molecule has 0 radical (unpaired) electrons. The molecule has 1 N–H and O–H groups in total. The van der Waals surface area contributed by atoms with Crippen LogP contribution in [0.1, 0.15) is 43.6 Å². The Balaban J connectivity index is 1.66. The van der Waals surface area contributed by atoms with Gasteiger partial charge >= 0.3 is 6.18 Å². The monoisotopic (exact) mass is 354 g/mol. The van der Waals surface area contributed by atoms with Gasteiger partial charge in [-0.1, -0.05) is 43.2 Å². The molecule has 1 aliphatic heterocycles. The van der Waals surface area contributed by atoms with Crippen molar-refractivity contribution in [1.82, 2.24) is 10.2 Å². The van der Waals surface area contributed by atoms with Crippen LogP contribution in [0.3, 0.4) is 0 Å². The summed E-state index contributed by atoms with van der Waals surface area (Å²) in [6, 6.07) is 10.6. The number of carbonyl (C=O) groups is 1. The Labute approximate surface area is 146 Å². The maximum Gasteiger partial charge on any atom is 0.401 e. The fourth-order valence-corrected chi connectivity index (χ4v) is 4.49. The molecule has 1 aromatic carbocycles. The molecule has 0 spiro atoms. The molecule has 2 fully saturated rings. The highest BCUT2D eigenvalue weighted by Crippen LogP contribution is 2.43. The minimum Gasteiger partial charge on any atom is -0.338 e. The molecule has 1 aromatic rings. The SMILES string of the molecule is O=C(CNCC(F)(F)F)N1CCC(c2ccccc2)C2CCCCC21. The summed E-state index contributed by atoms with van der Waals surface area (Å²) >= 11 is 0. The van der Waals surface area contributed by atoms with Crippen molar-refractivity contribution < 1.29 is 18.0 Å². The van der Waals surface area contributed by atoms with Crippen LogP contribution in [0.2, 0.25) is 0 Å². The lowest BCUT2D eigenvalue weighted by molar-refractivity contribution is -0.139. The molecular weight excluding hydrogens is 329 g/mol. The Hall–Kier alpha value is -1.56. The number of halogens is 3. The molecule has 0 aromatic heterocycles. The van der Waals surface area contributed by atoms with E-state index in [-0.39, 0.29) is 18.5 Å². The average Bonchev–Trinajstić information content (AvgIpc) is 2.60. The number of benzene rings is 1. The van der Waals surface area contributed by atoms with Crippen LogP contribution >= 0.6 is 0 Å². The van der Waals surface area contributed by atoms with Crippen molar-refractivity contribution >= 4 is 5.91 Å². The van der Waals surface area contributed by atoms with Gasteiger partial charge in [0.1, 0.15) is 0 Å². The Morgan fingerprint density at radius 1 is 1.12 bits per heavy atom. The van der Waals surface area contributed by atoms with Crippen LogP contribution in [0, 0.1) is 5.92 Å². The molecule has 1 saturated heterocycles. The number of hydrogen-bond acceptors (Lipinski definition) is 2. The summed E-state index contributed by atoms with van der Waals surface area (Å²) in [5, 5.41) is 2.24. The van der Waals surface area contributed by atoms with Crippen LogP contribution in [-0.2, 0) is 4.79 Å². The zero-order valence-corrected chi connectivity index (χ0v) is 14.3. The summed E-state index contributed by atoms with van der Waals surface area (Å²) < 4.78 is 36.8. The number of fused-ring (bicyclic) bond motifs is 1. The van der Waals surface area contributed by atoms with Gasteiger partial charge in [-0.3, -0.25) is 4.79 Å². The largest absolute Gasteiger partial charge is 0.401 e. The third-order valence-corrected chi connectivity index (χ3v) is 5.53. The van der Waals surface area contributed by atoms with Gasteiger partial charge in [0.2, 0.25) is 5.91 Å². The smallest absolute Gasteiger partial charge is 0.338 e. The number of piperidine rings is 1. The first-order valence-electron chi connectivity index (χ1n) is 9.07. The maximum atomic E-state index is 12.5. The van der Waals surface area contributed by atoms with Crippen molar-refractivity contribution in [3.8, 4) is 0 Å². The standard InChI is InChI=1S/C19H25F3N2O/c20-19(21,22)13-23-12-18(25)24-11-10-15(14-6-2-1-3-7-14)16-8-4-5-9-17(16)24/h1-3,6-7,15-17,23H,4-5,8-13H2. The Morgan fingerprint density at radius 2 is 1.84 bits per heavy atom. The van der Waals surface area contributed by atoms with Crippen LogP contribution in [0.4, 0.5) is 13.2 Å². The van der Waals surface area contributed by atoms with Crippen LogP contribution in [0.25, 0.3) is 0 Å². The molecule has 1 heterocycles. The lowest BCUT2D eigenvalue weighted by Gasteiger charge is -2.48. The first-order chi connectivity index (χ1) is 12.0. The third-order valence-electron chi connectivity index (χ3n) is 5.53. The van der Waals surface area contributed by atoms with Crippen LogP contribution in [0.15, 0.2) is 30.3 Å². The normalized spacial score (nSPS) is 27.0. The highest BCUT2D eigenvalue weighted by Gasteiger charge is 2.41. The summed E-state index contributed by atoms with van der Waals surface area (Å²) in [7, 11) is 0. The summed E-state index contributed by atoms with van der Waals surface area (Å²) in [4.78, 5) is 14.3. The molecule has 3 nitrogen and oxygen atoms in total. The van der Waals surface area contributed by atoms with Crippen LogP contribution in [0.5, 0.6) is 0 Å². The second-order valence-electron chi connectivity index (χ2n) is 7.13. The van der Waals surface area contributed by atoms with Gasteiger partial charge in [0.25, 0.3) is 0 Å². The number of amides is 1. The summed E-state index contributed by atoms with van der Waals surface area (Å²) in [6.07, 6.45) is 0.897. The van der Waals surface area contributed by atoms with Crippen molar-refractivity contribution in [3.05, 3.63) is 35.9 Å². The van der Waals surface area contributed by atoms with E-state index < -0.39 is 12.7 Å². The van der Waals surface area contributed by atoms with E-state index in [1.165, 1.54) is 12.0 Å². The van der Waals surface area contributed by atoms with Crippen molar-refractivity contribution in [2.24, 2.45) is 5.92 Å². The highest BCUT2D eigenvalue weighted by molar-refractivity contribution is 5.78. The number of rotatable bonds is 4. The summed E-state index contributed by atoms with van der Waals surface area (Å²) in [5.74, 6) is 0.655. The predicted octanol–water partition coefficient (Wildman–Crippen LogP) is 3.71. The van der Waals surface area contributed by atoms with E-state index in [9.17, 15) is 18.0 Å². The topological polar surface area (TPSA) is 32.3 Å². The van der Waals surface area contributed by atoms with Gasteiger partial charge in [0.05, 0.1) is 13.1 Å². The Kier molecular flexibility index (Phi) is 5.67. The number of likely N-dealkylation sites (tertiary alicyclic amines) is 1. The zero-order chi connectivity index (χ0) is 17.9. The Bertz CT molecular complexity index is 576. The molecular formula is C19H25F3N2O. The average molecular weight is 354 g/mol. The molecule has 1 amide bonds. The van der Waals surface area contributed by atoms with Crippen LogP contribution < -0.4 is 5.32 Å². The molecule has 138 valence electrons. The van der Waals surface area contributed by atoms with Gasteiger partial charge in [-0.2, -0.15) is 13.2 Å². The van der Waals surface area contributed by atoms with E-state index in [0.29, 0.717) is 18.4 Å². The van der Waals surface area contributed by atoms with Crippen molar-refractivity contribution in [1.29, 1.82) is 0 Å². The number of carbonyl (C=O) groups excluding carboxylic acids is 1. The lowest BCUT2D eigenvalue weighted by atomic mass is 9.69. The minimum atomic E-state index is -4.28. The molecule has 0 bridgehead atoms. The number of nitrogens with zero attached hydrogens (tertiary/aromatic N) is 1. The summed E-state index contributed by atoms with van der Waals surface area (Å²) in [5.41, 5.74) is 1.32. The van der Waals surface area contributed by atoms with Gasteiger partial charge in [-0.15, -0.1) is 0 Å². The van der Waals surface area contributed by atoms with Gasteiger partial charge in [0.15, 0.2) is 0 Å². The van der Waals surface area contributed by atoms with Crippen LogP contribution in [-0.4, -0.2) is 42.7 Å². The minimum absolute atomic E-state index is 0.160.